The summed E-state index contributed by atoms with van der Waals surface area (Å²) in [5, 5.41) is 4.12. The van der Waals surface area contributed by atoms with E-state index < -0.39 is 15.6 Å². The first kappa shape index (κ1) is 21.2. The van der Waals surface area contributed by atoms with E-state index in [-0.39, 0.29) is 18.3 Å². The summed E-state index contributed by atoms with van der Waals surface area (Å²) in [5.74, 6) is 0.976. The number of halogens is 1. The molecule has 2 aliphatic rings. The molecule has 1 aliphatic heterocycles. The zero-order chi connectivity index (χ0) is 19.1. The van der Waals surface area contributed by atoms with Crippen LogP contribution in [0.2, 0.25) is 0 Å². The lowest BCUT2D eigenvalue weighted by Crippen LogP contribution is -2.39. The van der Waals surface area contributed by atoms with Crippen molar-refractivity contribution in [2.45, 2.75) is 61.8 Å². The van der Waals surface area contributed by atoms with Crippen LogP contribution < -0.4 is 5.73 Å². The summed E-state index contributed by atoms with van der Waals surface area (Å²) in [5.41, 5.74) is 6.95. The van der Waals surface area contributed by atoms with Gasteiger partial charge in [0.1, 0.15) is 0 Å². The highest BCUT2D eigenvalue weighted by atomic mass is 35.5. The van der Waals surface area contributed by atoms with E-state index in [2.05, 4.69) is 10.1 Å². The van der Waals surface area contributed by atoms with Gasteiger partial charge >= 0.3 is 0 Å². The Morgan fingerprint density at radius 1 is 1.18 bits per heavy atom. The third-order valence-corrected chi connectivity index (χ3v) is 7.65. The first-order valence-electron chi connectivity index (χ1n) is 9.58. The van der Waals surface area contributed by atoms with Gasteiger partial charge in [-0.05, 0) is 44.7 Å². The molecule has 1 saturated carbocycles. The van der Waals surface area contributed by atoms with Crippen molar-refractivity contribution in [2.75, 3.05) is 13.1 Å². The van der Waals surface area contributed by atoms with Gasteiger partial charge in [-0.25, -0.2) is 8.42 Å². The molecule has 1 aliphatic carbocycles. The van der Waals surface area contributed by atoms with Crippen LogP contribution in [0.25, 0.3) is 0 Å². The fraction of sp³-hybridized carbons (Fsp3) is 0.579. The summed E-state index contributed by atoms with van der Waals surface area (Å²) in [6.07, 6.45) is 5.48. The number of rotatable bonds is 4. The summed E-state index contributed by atoms with van der Waals surface area (Å²) < 4.78 is 33.0. The monoisotopic (exact) mass is 426 g/mol. The maximum absolute atomic E-state index is 13.0. The Kier molecular flexibility index (Phi) is 6.14. The van der Waals surface area contributed by atoms with Crippen LogP contribution >= 0.6 is 12.4 Å². The minimum Gasteiger partial charge on any atom is -0.339 e. The van der Waals surface area contributed by atoms with Crippen LogP contribution in [0.4, 0.5) is 0 Å². The minimum atomic E-state index is -3.52. The quantitative estimate of drug-likeness (QED) is 0.805. The lowest BCUT2D eigenvalue weighted by molar-refractivity contribution is 0.263. The van der Waals surface area contributed by atoms with Crippen molar-refractivity contribution in [3.05, 3.63) is 41.5 Å². The molecule has 1 aromatic heterocycles. The molecule has 0 spiro atoms. The van der Waals surface area contributed by atoms with Crippen LogP contribution in [0, 0.1) is 6.92 Å². The second-order valence-electron chi connectivity index (χ2n) is 7.83. The predicted molar refractivity (Wildman–Crippen MR) is 108 cm³/mol. The fourth-order valence-corrected chi connectivity index (χ4v) is 5.58. The molecule has 1 unspecified atom stereocenters. The van der Waals surface area contributed by atoms with Crippen LogP contribution in [0.1, 0.15) is 61.7 Å². The number of piperidine rings is 1. The van der Waals surface area contributed by atoms with Gasteiger partial charge < -0.3 is 10.3 Å². The van der Waals surface area contributed by atoms with E-state index in [1.165, 1.54) is 4.31 Å². The average Bonchev–Trinajstić information content (AvgIpc) is 3.32. The number of benzene rings is 1. The molecular formula is C19H27ClN4O3S. The van der Waals surface area contributed by atoms with Gasteiger partial charge in [0.05, 0.1) is 16.4 Å². The maximum atomic E-state index is 13.0. The van der Waals surface area contributed by atoms with Gasteiger partial charge in [0, 0.05) is 13.1 Å². The van der Waals surface area contributed by atoms with Gasteiger partial charge in [0.2, 0.25) is 15.9 Å². The Morgan fingerprint density at radius 2 is 1.86 bits per heavy atom. The normalized spacial score (nSPS) is 22.7. The van der Waals surface area contributed by atoms with E-state index >= 15 is 0 Å². The molecule has 154 valence electrons. The topological polar surface area (TPSA) is 102 Å². The molecule has 2 fully saturated rings. The first-order chi connectivity index (χ1) is 12.9. The number of hydrogen-bond donors (Lipinski definition) is 1. The molecule has 2 heterocycles. The average molecular weight is 427 g/mol. The summed E-state index contributed by atoms with van der Waals surface area (Å²) in [6, 6.07) is 6.97. The summed E-state index contributed by atoms with van der Waals surface area (Å²) in [4.78, 5) is 4.89. The molecular weight excluding hydrogens is 400 g/mol. The van der Waals surface area contributed by atoms with E-state index in [4.69, 9.17) is 10.3 Å². The SMILES string of the molecule is Cc1ccc(S(=O)(=O)N2CCCC(c3nc(C4(N)CCCC4)no3)C2)cc1.Cl. The van der Waals surface area contributed by atoms with Crippen molar-refractivity contribution in [3.8, 4) is 0 Å². The van der Waals surface area contributed by atoms with Crippen LogP contribution in [-0.2, 0) is 15.6 Å². The van der Waals surface area contributed by atoms with Crippen molar-refractivity contribution >= 4 is 22.4 Å². The smallest absolute Gasteiger partial charge is 0.243 e. The number of aromatic nitrogens is 2. The fourth-order valence-electron chi connectivity index (χ4n) is 4.05. The van der Waals surface area contributed by atoms with Gasteiger partial charge in [-0.3, -0.25) is 0 Å². The summed E-state index contributed by atoms with van der Waals surface area (Å²) in [7, 11) is -3.52. The van der Waals surface area contributed by atoms with Crippen molar-refractivity contribution in [1.82, 2.24) is 14.4 Å². The molecule has 4 rings (SSSR count). The molecule has 0 bridgehead atoms. The zero-order valence-electron chi connectivity index (χ0n) is 16.0. The van der Waals surface area contributed by atoms with E-state index in [1.807, 2.05) is 19.1 Å². The van der Waals surface area contributed by atoms with Crippen LogP contribution in [0.3, 0.4) is 0 Å². The number of nitrogens with zero attached hydrogens (tertiary/aromatic N) is 3. The number of aryl methyl sites for hydroxylation is 1. The largest absolute Gasteiger partial charge is 0.339 e. The molecule has 9 heteroatoms. The zero-order valence-corrected chi connectivity index (χ0v) is 17.6. The van der Waals surface area contributed by atoms with Crippen molar-refractivity contribution in [2.24, 2.45) is 5.73 Å². The van der Waals surface area contributed by atoms with Gasteiger partial charge in [-0.2, -0.15) is 9.29 Å². The van der Waals surface area contributed by atoms with Crippen molar-refractivity contribution in [3.63, 3.8) is 0 Å². The number of sulfonamides is 1. The molecule has 1 saturated heterocycles. The molecule has 28 heavy (non-hydrogen) atoms. The summed E-state index contributed by atoms with van der Waals surface area (Å²) >= 11 is 0. The van der Waals surface area contributed by atoms with Crippen molar-refractivity contribution < 1.29 is 12.9 Å². The lowest BCUT2D eigenvalue weighted by atomic mass is 9.97. The van der Waals surface area contributed by atoms with Gasteiger partial charge in [0.15, 0.2) is 5.82 Å². The summed E-state index contributed by atoms with van der Waals surface area (Å²) in [6.45, 7) is 2.80. The Labute approximate surface area is 172 Å². The van der Waals surface area contributed by atoms with Gasteiger partial charge in [-0.15, -0.1) is 12.4 Å². The van der Waals surface area contributed by atoms with E-state index in [0.717, 1.165) is 44.1 Å². The van der Waals surface area contributed by atoms with Gasteiger partial charge in [-0.1, -0.05) is 35.7 Å². The Hall–Kier alpha value is -1.48. The molecule has 0 amide bonds. The Balaban J connectivity index is 0.00000225. The standard InChI is InChI=1S/C19H26N4O3S.ClH/c1-14-6-8-16(9-7-14)27(24,25)23-12-4-5-15(13-23)17-21-18(22-26-17)19(20)10-2-3-11-19;/h6-9,15H,2-5,10-13,20H2,1H3;1H. The lowest BCUT2D eigenvalue weighted by Gasteiger charge is -2.30. The Morgan fingerprint density at radius 3 is 2.54 bits per heavy atom. The number of hydrogen-bond acceptors (Lipinski definition) is 6. The highest BCUT2D eigenvalue weighted by Gasteiger charge is 2.38. The Bertz CT molecular complexity index is 908. The molecule has 7 nitrogen and oxygen atoms in total. The molecule has 1 atom stereocenters. The van der Waals surface area contributed by atoms with Crippen LogP contribution in [-0.4, -0.2) is 36.0 Å². The van der Waals surface area contributed by atoms with E-state index in [1.54, 1.807) is 12.1 Å². The molecule has 2 aromatic rings. The second-order valence-corrected chi connectivity index (χ2v) is 9.77. The van der Waals surface area contributed by atoms with Crippen molar-refractivity contribution in [1.29, 1.82) is 0 Å². The molecule has 0 radical (unpaired) electrons. The minimum absolute atomic E-state index is 0. The van der Waals surface area contributed by atoms with E-state index in [0.29, 0.717) is 29.7 Å². The number of nitrogens with two attached hydrogens (primary N) is 1. The molecule has 2 N–H and O–H groups in total. The second kappa shape index (κ2) is 8.10. The molecule has 1 aromatic carbocycles. The third kappa shape index (κ3) is 3.96. The van der Waals surface area contributed by atoms with E-state index in [9.17, 15) is 8.42 Å². The highest BCUT2D eigenvalue weighted by Crippen LogP contribution is 2.36. The van der Waals surface area contributed by atoms with Crippen LogP contribution in [0.5, 0.6) is 0 Å². The van der Waals surface area contributed by atoms with Crippen LogP contribution in [0.15, 0.2) is 33.7 Å². The highest BCUT2D eigenvalue weighted by molar-refractivity contribution is 7.89. The van der Waals surface area contributed by atoms with Gasteiger partial charge in [0.25, 0.3) is 0 Å². The third-order valence-electron chi connectivity index (χ3n) is 5.77. The maximum Gasteiger partial charge on any atom is 0.243 e. The predicted octanol–water partition coefficient (Wildman–Crippen LogP) is 3.10. The first-order valence-corrected chi connectivity index (χ1v) is 11.0.